The van der Waals surface area contributed by atoms with Gasteiger partial charge in [0.2, 0.25) is 5.91 Å². The van der Waals surface area contributed by atoms with Gasteiger partial charge in [0, 0.05) is 12.7 Å². The van der Waals surface area contributed by atoms with E-state index in [1.165, 1.54) is 11.3 Å². The molecule has 0 unspecified atom stereocenters. The van der Waals surface area contributed by atoms with Gasteiger partial charge in [0.1, 0.15) is 5.75 Å². The molecule has 0 saturated carbocycles. The van der Waals surface area contributed by atoms with Crippen LogP contribution in [-0.4, -0.2) is 17.6 Å². The lowest BCUT2D eigenvalue weighted by atomic mass is 10.1. The Morgan fingerprint density at radius 1 is 1.26 bits per heavy atom. The summed E-state index contributed by atoms with van der Waals surface area (Å²) in [7, 11) is 3.34. The molecule has 0 fully saturated rings. The Hall–Kier alpha value is -2.60. The molecule has 0 radical (unpaired) electrons. The van der Waals surface area contributed by atoms with Gasteiger partial charge in [-0.1, -0.05) is 23.5 Å². The standard InChI is InChI=1S/C17H16N2O3S/c1-19-14-7-6-12(10-15(14)23-17(19)21)18-16(20)9-11-4-3-5-13(8-11)22-2/h3-8,10H,9H2,1-2H3,(H,18,20). The third-order valence-corrected chi connectivity index (χ3v) is 4.57. The zero-order chi connectivity index (χ0) is 16.4. The van der Waals surface area contributed by atoms with Crippen LogP contribution in [0.5, 0.6) is 5.75 Å². The number of thiazole rings is 1. The number of hydrogen-bond donors (Lipinski definition) is 1. The number of methoxy groups -OCH3 is 1. The van der Waals surface area contributed by atoms with Gasteiger partial charge in [-0.25, -0.2) is 0 Å². The molecule has 0 bridgehead atoms. The third-order valence-electron chi connectivity index (χ3n) is 3.57. The van der Waals surface area contributed by atoms with Gasteiger partial charge in [0.05, 0.1) is 23.7 Å². The fraction of sp³-hybridized carbons (Fsp3) is 0.176. The number of aryl methyl sites for hydroxylation is 1. The van der Waals surface area contributed by atoms with Crippen molar-refractivity contribution in [3.8, 4) is 5.75 Å². The summed E-state index contributed by atoms with van der Waals surface area (Å²) in [5, 5.41) is 2.86. The Kier molecular flexibility index (Phi) is 4.16. The number of ether oxygens (including phenoxy) is 1. The summed E-state index contributed by atoms with van der Waals surface area (Å²) in [5.41, 5.74) is 2.44. The van der Waals surface area contributed by atoms with E-state index < -0.39 is 0 Å². The summed E-state index contributed by atoms with van der Waals surface area (Å²) >= 11 is 1.17. The minimum atomic E-state index is -0.110. The summed E-state index contributed by atoms with van der Waals surface area (Å²) in [6.07, 6.45) is 0.264. The van der Waals surface area contributed by atoms with Crippen LogP contribution in [0.25, 0.3) is 10.2 Å². The number of fused-ring (bicyclic) bond motifs is 1. The highest BCUT2D eigenvalue weighted by atomic mass is 32.1. The number of anilines is 1. The van der Waals surface area contributed by atoms with E-state index in [-0.39, 0.29) is 17.2 Å². The molecule has 6 heteroatoms. The Morgan fingerprint density at radius 2 is 2.09 bits per heavy atom. The number of amides is 1. The van der Waals surface area contributed by atoms with Crippen molar-refractivity contribution in [2.24, 2.45) is 7.05 Å². The van der Waals surface area contributed by atoms with Crippen molar-refractivity contribution in [2.75, 3.05) is 12.4 Å². The highest BCUT2D eigenvalue weighted by Gasteiger charge is 2.08. The molecule has 1 N–H and O–H groups in total. The van der Waals surface area contributed by atoms with Crippen molar-refractivity contribution in [1.82, 2.24) is 4.57 Å². The largest absolute Gasteiger partial charge is 0.497 e. The monoisotopic (exact) mass is 328 g/mol. The molecule has 0 saturated heterocycles. The number of hydrogen-bond acceptors (Lipinski definition) is 4. The highest BCUT2D eigenvalue weighted by Crippen LogP contribution is 2.21. The maximum absolute atomic E-state index is 12.2. The SMILES string of the molecule is COc1cccc(CC(=O)Nc2ccc3c(c2)sc(=O)n3C)c1. The number of aromatic nitrogens is 1. The molecular weight excluding hydrogens is 312 g/mol. The topological polar surface area (TPSA) is 60.3 Å². The van der Waals surface area contributed by atoms with E-state index in [0.29, 0.717) is 5.69 Å². The van der Waals surface area contributed by atoms with E-state index >= 15 is 0 Å². The van der Waals surface area contributed by atoms with Crippen LogP contribution >= 0.6 is 11.3 Å². The van der Waals surface area contributed by atoms with Crippen LogP contribution < -0.4 is 14.9 Å². The minimum absolute atomic E-state index is 0.0140. The fourth-order valence-corrected chi connectivity index (χ4v) is 3.30. The Labute approximate surface area is 137 Å². The molecule has 5 nitrogen and oxygen atoms in total. The van der Waals surface area contributed by atoms with Crippen LogP contribution in [0.1, 0.15) is 5.56 Å². The van der Waals surface area contributed by atoms with Gasteiger partial charge in [-0.2, -0.15) is 0 Å². The molecular formula is C17H16N2O3S. The second kappa shape index (κ2) is 6.26. The van der Waals surface area contributed by atoms with Crippen LogP contribution in [0.15, 0.2) is 47.3 Å². The molecule has 0 atom stereocenters. The smallest absolute Gasteiger partial charge is 0.307 e. The molecule has 3 aromatic rings. The molecule has 0 aliphatic heterocycles. The Balaban J connectivity index is 1.75. The second-order valence-electron chi connectivity index (χ2n) is 5.19. The zero-order valence-electron chi connectivity index (χ0n) is 12.8. The first kappa shape index (κ1) is 15.3. The van der Waals surface area contributed by atoms with Crippen molar-refractivity contribution in [1.29, 1.82) is 0 Å². The van der Waals surface area contributed by atoms with Gasteiger partial charge < -0.3 is 14.6 Å². The molecule has 1 aromatic heterocycles. The lowest BCUT2D eigenvalue weighted by Gasteiger charge is -2.07. The van der Waals surface area contributed by atoms with E-state index in [4.69, 9.17) is 4.74 Å². The predicted octanol–water partition coefficient (Wildman–Crippen LogP) is 2.79. The van der Waals surface area contributed by atoms with Gasteiger partial charge in [0.15, 0.2) is 0 Å². The van der Waals surface area contributed by atoms with E-state index in [2.05, 4.69) is 5.32 Å². The van der Waals surface area contributed by atoms with Gasteiger partial charge in [0.25, 0.3) is 0 Å². The molecule has 23 heavy (non-hydrogen) atoms. The zero-order valence-corrected chi connectivity index (χ0v) is 13.6. The number of nitrogens with one attached hydrogen (secondary N) is 1. The molecule has 0 aliphatic carbocycles. The summed E-state index contributed by atoms with van der Waals surface area (Å²) in [4.78, 5) is 23.8. The number of benzene rings is 2. The quantitative estimate of drug-likeness (QED) is 0.801. The van der Waals surface area contributed by atoms with Gasteiger partial charge in [-0.3, -0.25) is 9.59 Å². The van der Waals surface area contributed by atoms with Crippen molar-refractivity contribution in [2.45, 2.75) is 6.42 Å². The first-order valence-corrected chi connectivity index (χ1v) is 7.91. The highest BCUT2D eigenvalue weighted by molar-refractivity contribution is 7.16. The Bertz CT molecular complexity index is 927. The first-order valence-electron chi connectivity index (χ1n) is 7.09. The molecule has 0 spiro atoms. The van der Waals surface area contributed by atoms with Crippen LogP contribution in [0.2, 0.25) is 0 Å². The number of carbonyl (C=O) groups is 1. The Morgan fingerprint density at radius 3 is 2.87 bits per heavy atom. The molecule has 118 valence electrons. The lowest BCUT2D eigenvalue weighted by Crippen LogP contribution is -2.14. The van der Waals surface area contributed by atoms with Crippen LogP contribution in [-0.2, 0) is 18.3 Å². The second-order valence-corrected chi connectivity index (χ2v) is 6.18. The molecule has 0 aliphatic rings. The molecule has 3 rings (SSSR count). The van der Waals surface area contributed by atoms with Crippen molar-refractivity contribution in [3.63, 3.8) is 0 Å². The minimum Gasteiger partial charge on any atom is -0.497 e. The van der Waals surface area contributed by atoms with E-state index in [9.17, 15) is 9.59 Å². The summed E-state index contributed by atoms with van der Waals surface area (Å²) in [6.45, 7) is 0. The summed E-state index contributed by atoms with van der Waals surface area (Å²) in [5.74, 6) is 0.617. The van der Waals surface area contributed by atoms with Crippen molar-refractivity contribution < 1.29 is 9.53 Å². The summed E-state index contributed by atoms with van der Waals surface area (Å²) in [6, 6.07) is 12.9. The van der Waals surface area contributed by atoms with E-state index in [1.54, 1.807) is 24.8 Å². The number of rotatable bonds is 4. The van der Waals surface area contributed by atoms with Crippen LogP contribution in [0, 0.1) is 0 Å². The van der Waals surface area contributed by atoms with Crippen molar-refractivity contribution in [3.05, 3.63) is 57.7 Å². The first-order chi connectivity index (χ1) is 11.1. The average Bonchev–Trinajstić information content (AvgIpc) is 2.81. The van der Waals surface area contributed by atoms with Crippen LogP contribution in [0.4, 0.5) is 5.69 Å². The van der Waals surface area contributed by atoms with Crippen LogP contribution in [0.3, 0.4) is 0 Å². The maximum Gasteiger partial charge on any atom is 0.307 e. The normalized spacial score (nSPS) is 10.7. The predicted molar refractivity (Wildman–Crippen MR) is 92.4 cm³/mol. The fourth-order valence-electron chi connectivity index (χ4n) is 2.38. The maximum atomic E-state index is 12.2. The van der Waals surface area contributed by atoms with E-state index in [0.717, 1.165) is 21.5 Å². The molecule has 1 amide bonds. The number of nitrogens with zero attached hydrogens (tertiary/aromatic N) is 1. The van der Waals surface area contributed by atoms with Gasteiger partial charge in [-0.15, -0.1) is 0 Å². The number of carbonyl (C=O) groups excluding carboxylic acids is 1. The van der Waals surface area contributed by atoms with E-state index in [1.807, 2.05) is 36.4 Å². The van der Waals surface area contributed by atoms with Crippen molar-refractivity contribution >= 4 is 33.1 Å². The molecule has 1 heterocycles. The summed E-state index contributed by atoms with van der Waals surface area (Å²) < 4.78 is 7.61. The average molecular weight is 328 g/mol. The third kappa shape index (κ3) is 3.27. The molecule has 2 aromatic carbocycles. The van der Waals surface area contributed by atoms with Gasteiger partial charge in [-0.05, 0) is 35.9 Å². The van der Waals surface area contributed by atoms with Gasteiger partial charge >= 0.3 is 4.87 Å². The lowest BCUT2D eigenvalue weighted by molar-refractivity contribution is -0.115.